The number of hydrogen-bond acceptors (Lipinski definition) is 3. The summed E-state index contributed by atoms with van der Waals surface area (Å²) in [5.74, 6) is -1.00. The maximum atomic E-state index is 12.1. The Morgan fingerprint density at radius 2 is 2.17 bits per heavy atom. The summed E-state index contributed by atoms with van der Waals surface area (Å²) in [5, 5.41) is 11.9. The van der Waals surface area contributed by atoms with Gasteiger partial charge in [-0.3, -0.25) is 4.79 Å². The topological polar surface area (TPSA) is 69.6 Å². The summed E-state index contributed by atoms with van der Waals surface area (Å²) >= 11 is 0. The summed E-state index contributed by atoms with van der Waals surface area (Å²) < 4.78 is 0. The Balaban J connectivity index is 2.34. The lowest BCUT2D eigenvalue weighted by atomic mass is 10.1. The second-order valence-corrected chi connectivity index (χ2v) is 4.40. The number of carbonyl (C=O) groups excluding carboxylic acids is 1. The standard InChI is InChI=1S/C13H16N2O3/c1-8(14-2)12(16)15-6-5-9-3-4-10(13(17)18)7-11(9)15/h3-4,7-8,14H,5-6H2,1-2H3,(H,17,18). The van der Waals surface area contributed by atoms with E-state index in [9.17, 15) is 9.59 Å². The molecule has 2 N–H and O–H groups in total. The fourth-order valence-electron chi connectivity index (χ4n) is 2.10. The molecule has 18 heavy (non-hydrogen) atoms. The number of carbonyl (C=O) groups is 2. The van der Waals surface area contributed by atoms with Crippen molar-refractivity contribution >= 4 is 17.6 Å². The van der Waals surface area contributed by atoms with Crippen molar-refractivity contribution in [2.24, 2.45) is 0 Å². The van der Waals surface area contributed by atoms with Crippen LogP contribution in [0.4, 0.5) is 5.69 Å². The molecule has 1 amide bonds. The van der Waals surface area contributed by atoms with Crippen LogP contribution in [0.15, 0.2) is 18.2 Å². The zero-order chi connectivity index (χ0) is 13.3. The number of likely N-dealkylation sites (N-methyl/N-ethyl adjacent to an activating group) is 1. The lowest BCUT2D eigenvalue weighted by molar-refractivity contribution is -0.120. The van der Waals surface area contributed by atoms with E-state index in [0.717, 1.165) is 17.7 Å². The van der Waals surface area contributed by atoms with E-state index in [2.05, 4.69) is 5.32 Å². The maximum absolute atomic E-state index is 12.1. The van der Waals surface area contributed by atoms with Crippen LogP contribution >= 0.6 is 0 Å². The van der Waals surface area contributed by atoms with E-state index in [-0.39, 0.29) is 17.5 Å². The molecule has 0 bridgehead atoms. The van der Waals surface area contributed by atoms with Crippen molar-refractivity contribution in [3.05, 3.63) is 29.3 Å². The lowest BCUT2D eigenvalue weighted by Gasteiger charge is -2.21. The van der Waals surface area contributed by atoms with E-state index in [4.69, 9.17) is 5.11 Å². The van der Waals surface area contributed by atoms with Gasteiger partial charge in [0.15, 0.2) is 0 Å². The second kappa shape index (κ2) is 4.78. The summed E-state index contributed by atoms with van der Waals surface area (Å²) in [6, 6.07) is 4.67. The average Bonchev–Trinajstić information content (AvgIpc) is 2.79. The molecule has 0 aliphatic carbocycles. The normalized spacial score (nSPS) is 15.3. The number of nitrogens with zero attached hydrogens (tertiary/aromatic N) is 1. The summed E-state index contributed by atoms with van der Waals surface area (Å²) in [6.45, 7) is 2.41. The molecule has 0 spiro atoms. The Bertz CT molecular complexity index is 499. The number of carboxylic acid groups (broad SMARTS) is 1. The van der Waals surface area contributed by atoms with E-state index >= 15 is 0 Å². The highest BCUT2D eigenvalue weighted by Crippen LogP contribution is 2.29. The van der Waals surface area contributed by atoms with Gasteiger partial charge in [-0.05, 0) is 38.1 Å². The summed E-state index contributed by atoms with van der Waals surface area (Å²) in [6.07, 6.45) is 0.775. The first-order valence-electron chi connectivity index (χ1n) is 5.89. The fourth-order valence-corrected chi connectivity index (χ4v) is 2.10. The number of fused-ring (bicyclic) bond motifs is 1. The number of rotatable bonds is 3. The minimum Gasteiger partial charge on any atom is -0.478 e. The Kier molecular flexibility index (Phi) is 3.34. The third-order valence-electron chi connectivity index (χ3n) is 3.30. The van der Waals surface area contributed by atoms with Crippen LogP contribution in [0.2, 0.25) is 0 Å². The van der Waals surface area contributed by atoms with Gasteiger partial charge in [-0.15, -0.1) is 0 Å². The molecule has 1 aliphatic rings. The molecule has 0 saturated carbocycles. The highest BCUT2D eigenvalue weighted by Gasteiger charge is 2.28. The van der Waals surface area contributed by atoms with Gasteiger partial charge in [-0.2, -0.15) is 0 Å². The van der Waals surface area contributed by atoms with Crippen LogP contribution in [0.3, 0.4) is 0 Å². The molecular weight excluding hydrogens is 232 g/mol. The van der Waals surface area contributed by atoms with Crippen LogP contribution in [-0.2, 0) is 11.2 Å². The van der Waals surface area contributed by atoms with Gasteiger partial charge >= 0.3 is 5.97 Å². The third-order valence-corrected chi connectivity index (χ3v) is 3.30. The number of aromatic carboxylic acids is 1. The quantitative estimate of drug-likeness (QED) is 0.833. The van der Waals surface area contributed by atoms with Crippen LogP contribution in [0, 0.1) is 0 Å². The van der Waals surface area contributed by atoms with Gasteiger partial charge in [-0.25, -0.2) is 4.79 Å². The molecule has 1 atom stereocenters. The Labute approximate surface area is 105 Å². The van der Waals surface area contributed by atoms with Crippen molar-refractivity contribution in [1.29, 1.82) is 0 Å². The predicted octanol–water partition coefficient (Wildman–Crippen LogP) is 0.882. The van der Waals surface area contributed by atoms with Gasteiger partial charge in [0.1, 0.15) is 0 Å². The molecule has 1 unspecified atom stereocenters. The van der Waals surface area contributed by atoms with E-state index in [0.29, 0.717) is 6.54 Å². The van der Waals surface area contributed by atoms with Gasteiger partial charge < -0.3 is 15.3 Å². The monoisotopic (exact) mass is 248 g/mol. The van der Waals surface area contributed by atoms with Crippen molar-refractivity contribution in [3.63, 3.8) is 0 Å². The highest BCUT2D eigenvalue weighted by atomic mass is 16.4. The lowest BCUT2D eigenvalue weighted by Crippen LogP contribution is -2.42. The number of nitrogens with one attached hydrogen (secondary N) is 1. The number of anilines is 1. The smallest absolute Gasteiger partial charge is 0.335 e. The molecular formula is C13H16N2O3. The number of benzene rings is 1. The molecule has 96 valence electrons. The van der Waals surface area contributed by atoms with Gasteiger partial charge in [0.25, 0.3) is 0 Å². The average molecular weight is 248 g/mol. The molecule has 2 rings (SSSR count). The van der Waals surface area contributed by atoms with Crippen molar-refractivity contribution in [3.8, 4) is 0 Å². The maximum Gasteiger partial charge on any atom is 0.335 e. The molecule has 1 aliphatic heterocycles. The van der Waals surface area contributed by atoms with Crippen LogP contribution in [0.25, 0.3) is 0 Å². The Morgan fingerprint density at radius 3 is 2.78 bits per heavy atom. The molecule has 5 heteroatoms. The molecule has 0 aromatic heterocycles. The van der Waals surface area contributed by atoms with Crippen molar-refractivity contribution < 1.29 is 14.7 Å². The molecule has 1 aromatic carbocycles. The van der Waals surface area contributed by atoms with Crippen LogP contribution < -0.4 is 10.2 Å². The van der Waals surface area contributed by atoms with E-state index in [1.807, 2.05) is 0 Å². The van der Waals surface area contributed by atoms with Crippen molar-refractivity contribution in [2.75, 3.05) is 18.5 Å². The molecule has 0 saturated heterocycles. The summed E-state index contributed by atoms with van der Waals surface area (Å²) in [4.78, 5) is 24.7. The van der Waals surface area contributed by atoms with Gasteiger partial charge in [0, 0.05) is 12.2 Å². The molecule has 0 radical (unpaired) electrons. The van der Waals surface area contributed by atoms with Crippen molar-refractivity contribution in [2.45, 2.75) is 19.4 Å². The van der Waals surface area contributed by atoms with Crippen LogP contribution in [-0.4, -0.2) is 36.6 Å². The summed E-state index contributed by atoms with van der Waals surface area (Å²) in [5.41, 5.74) is 1.96. The minimum atomic E-state index is -0.973. The second-order valence-electron chi connectivity index (χ2n) is 4.40. The van der Waals surface area contributed by atoms with Crippen molar-refractivity contribution in [1.82, 2.24) is 5.32 Å². The first-order chi connectivity index (χ1) is 8.54. The predicted molar refractivity (Wildman–Crippen MR) is 68.0 cm³/mol. The van der Waals surface area contributed by atoms with E-state index < -0.39 is 5.97 Å². The zero-order valence-electron chi connectivity index (χ0n) is 10.4. The zero-order valence-corrected chi connectivity index (χ0v) is 10.4. The minimum absolute atomic E-state index is 0.0289. The van der Waals surface area contributed by atoms with E-state index in [1.165, 1.54) is 0 Å². The van der Waals surface area contributed by atoms with Crippen LogP contribution in [0.5, 0.6) is 0 Å². The SMILES string of the molecule is CNC(C)C(=O)N1CCc2ccc(C(=O)O)cc21. The van der Waals surface area contributed by atoms with Gasteiger partial charge in [0.2, 0.25) is 5.91 Å². The summed E-state index contributed by atoms with van der Waals surface area (Å²) in [7, 11) is 1.73. The Hall–Kier alpha value is -1.88. The van der Waals surface area contributed by atoms with Gasteiger partial charge in [0.05, 0.1) is 11.6 Å². The first-order valence-corrected chi connectivity index (χ1v) is 5.89. The number of carboxylic acids is 1. The third kappa shape index (κ3) is 2.09. The fraction of sp³-hybridized carbons (Fsp3) is 0.385. The van der Waals surface area contributed by atoms with E-state index in [1.54, 1.807) is 37.1 Å². The first kappa shape index (κ1) is 12.6. The largest absolute Gasteiger partial charge is 0.478 e. The highest BCUT2D eigenvalue weighted by molar-refractivity contribution is 6.00. The van der Waals surface area contributed by atoms with Gasteiger partial charge in [-0.1, -0.05) is 6.07 Å². The molecule has 0 fully saturated rings. The molecule has 1 heterocycles. The molecule has 1 aromatic rings. The Morgan fingerprint density at radius 1 is 1.44 bits per heavy atom. The number of hydrogen-bond donors (Lipinski definition) is 2. The molecule has 5 nitrogen and oxygen atoms in total. The van der Waals surface area contributed by atoms with Crippen LogP contribution in [0.1, 0.15) is 22.8 Å². The number of amides is 1.